The molecule has 0 spiro atoms. The quantitative estimate of drug-likeness (QED) is 0.298. The van der Waals surface area contributed by atoms with Crippen molar-refractivity contribution >= 4 is 27.3 Å². The Morgan fingerprint density at radius 2 is 1.45 bits per heavy atom. The Morgan fingerprint density at radius 3 is 1.82 bits per heavy atom. The molecule has 0 heterocycles. The Morgan fingerprint density at radius 1 is 1.09 bits per heavy atom. The third kappa shape index (κ3) is 1.19. The predicted octanol–water partition coefficient (Wildman–Crippen LogP) is 1.02. The van der Waals surface area contributed by atoms with E-state index in [1.54, 1.807) is 0 Å². The molecule has 0 fully saturated rings. The highest BCUT2D eigenvalue weighted by Gasteiger charge is 2.09. The van der Waals surface area contributed by atoms with Gasteiger partial charge in [0.1, 0.15) is 11.5 Å². The summed E-state index contributed by atoms with van der Waals surface area (Å²) in [6, 6.07) is 1.09. The number of phenolic OH excluding ortho intramolecular Hbond substituents is 2. The van der Waals surface area contributed by atoms with Crippen LogP contribution in [0.3, 0.4) is 0 Å². The van der Waals surface area contributed by atoms with Crippen LogP contribution in [0.1, 0.15) is 0 Å². The van der Waals surface area contributed by atoms with Crippen molar-refractivity contribution < 1.29 is 10.2 Å². The first-order chi connectivity index (χ1) is 5.04. The number of rotatable bonds is 0. The molecule has 0 aliphatic heterocycles. The molecular formula is C6H7BrN2O2. The zero-order chi connectivity index (χ0) is 8.59. The van der Waals surface area contributed by atoms with E-state index >= 15 is 0 Å². The molecule has 0 saturated carbocycles. The number of anilines is 2. The first-order valence-electron chi connectivity index (χ1n) is 2.79. The van der Waals surface area contributed by atoms with Gasteiger partial charge in [0.05, 0.1) is 15.8 Å². The molecule has 60 valence electrons. The zero-order valence-corrected chi connectivity index (χ0v) is 7.09. The summed E-state index contributed by atoms with van der Waals surface area (Å²) in [5.41, 5.74) is 11.0. The van der Waals surface area contributed by atoms with Crippen molar-refractivity contribution in [1.82, 2.24) is 0 Å². The van der Waals surface area contributed by atoms with E-state index in [1.165, 1.54) is 0 Å². The number of halogens is 1. The molecule has 1 aromatic rings. The van der Waals surface area contributed by atoms with Gasteiger partial charge in [-0.05, 0) is 15.9 Å². The number of aromatic hydroxyl groups is 2. The fourth-order valence-corrected chi connectivity index (χ4v) is 1.06. The van der Waals surface area contributed by atoms with Crippen molar-refractivity contribution in [3.63, 3.8) is 0 Å². The van der Waals surface area contributed by atoms with Gasteiger partial charge in [-0.3, -0.25) is 0 Å². The highest BCUT2D eigenvalue weighted by Crippen LogP contribution is 2.39. The first kappa shape index (κ1) is 8.00. The molecule has 0 radical (unpaired) electrons. The summed E-state index contributed by atoms with van der Waals surface area (Å²) in [5.74, 6) is -0.382. The molecule has 0 aliphatic rings. The van der Waals surface area contributed by atoms with Crippen LogP contribution in [-0.2, 0) is 0 Å². The lowest BCUT2D eigenvalue weighted by Gasteiger charge is -2.06. The average molecular weight is 219 g/mol. The van der Waals surface area contributed by atoms with Crippen molar-refractivity contribution in [2.24, 2.45) is 0 Å². The normalized spacial score (nSPS) is 9.91. The smallest absolute Gasteiger partial charge is 0.143 e. The molecule has 0 aliphatic carbocycles. The molecule has 0 amide bonds. The fourth-order valence-electron chi connectivity index (χ4n) is 0.655. The topological polar surface area (TPSA) is 92.5 Å². The van der Waals surface area contributed by atoms with Crippen LogP contribution in [-0.4, -0.2) is 10.2 Å². The van der Waals surface area contributed by atoms with E-state index in [9.17, 15) is 0 Å². The minimum absolute atomic E-state index is 0.125. The van der Waals surface area contributed by atoms with Gasteiger partial charge in [0.25, 0.3) is 0 Å². The van der Waals surface area contributed by atoms with Gasteiger partial charge in [-0.1, -0.05) is 0 Å². The minimum Gasteiger partial charge on any atom is -0.506 e. The SMILES string of the molecule is Nc1c(O)cc(O)c(N)c1Br. The second-order valence-electron chi connectivity index (χ2n) is 2.06. The van der Waals surface area contributed by atoms with Crippen molar-refractivity contribution in [1.29, 1.82) is 0 Å². The summed E-state index contributed by atoms with van der Waals surface area (Å²) < 4.78 is 0.315. The molecular weight excluding hydrogens is 212 g/mol. The van der Waals surface area contributed by atoms with Crippen molar-refractivity contribution in [3.05, 3.63) is 10.5 Å². The Hall–Kier alpha value is -1.10. The standard InChI is InChI=1S/C6H7BrN2O2/c7-4-5(8)2(10)1-3(11)6(4)9/h1,10-11H,8-9H2. The predicted molar refractivity (Wildman–Crippen MR) is 46.3 cm³/mol. The fraction of sp³-hybridized carbons (Fsp3) is 0. The maximum absolute atomic E-state index is 9.03. The van der Waals surface area contributed by atoms with E-state index in [1.807, 2.05) is 0 Å². The molecule has 0 saturated heterocycles. The second-order valence-corrected chi connectivity index (χ2v) is 2.85. The van der Waals surface area contributed by atoms with Gasteiger partial charge in [-0.2, -0.15) is 0 Å². The van der Waals surface area contributed by atoms with Crippen LogP contribution in [0, 0.1) is 0 Å². The number of hydrogen-bond donors (Lipinski definition) is 4. The molecule has 0 atom stereocenters. The van der Waals surface area contributed by atoms with Gasteiger partial charge >= 0.3 is 0 Å². The van der Waals surface area contributed by atoms with Crippen LogP contribution in [0.4, 0.5) is 11.4 Å². The molecule has 6 N–H and O–H groups in total. The first-order valence-corrected chi connectivity index (χ1v) is 3.58. The van der Waals surface area contributed by atoms with Crippen molar-refractivity contribution in [3.8, 4) is 11.5 Å². The van der Waals surface area contributed by atoms with Gasteiger partial charge < -0.3 is 21.7 Å². The van der Waals surface area contributed by atoms with Crippen molar-refractivity contribution in [2.75, 3.05) is 11.5 Å². The lowest BCUT2D eigenvalue weighted by Crippen LogP contribution is -1.93. The minimum atomic E-state index is -0.191. The monoisotopic (exact) mass is 218 g/mol. The van der Waals surface area contributed by atoms with E-state index in [0.717, 1.165) is 6.07 Å². The lowest BCUT2D eigenvalue weighted by atomic mass is 10.2. The molecule has 5 heteroatoms. The van der Waals surface area contributed by atoms with E-state index in [-0.39, 0.29) is 22.9 Å². The van der Waals surface area contributed by atoms with Crippen LogP contribution < -0.4 is 11.5 Å². The third-order valence-electron chi connectivity index (χ3n) is 1.30. The van der Waals surface area contributed by atoms with E-state index in [2.05, 4.69) is 15.9 Å². The summed E-state index contributed by atoms with van der Waals surface area (Å²) >= 11 is 3.01. The average Bonchev–Trinajstić information content (AvgIpc) is 1.97. The van der Waals surface area contributed by atoms with Gasteiger partial charge in [0, 0.05) is 6.07 Å². The lowest BCUT2D eigenvalue weighted by molar-refractivity contribution is 0.453. The van der Waals surface area contributed by atoms with Crippen LogP contribution in [0.2, 0.25) is 0 Å². The van der Waals surface area contributed by atoms with Gasteiger partial charge in [0.15, 0.2) is 0 Å². The molecule has 0 aromatic heterocycles. The van der Waals surface area contributed by atoms with E-state index in [0.29, 0.717) is 4.47 Å². The van der Waals surface area contributed by atoms with Crippen molar-refractivity contribution in [2.45, 2.75) is 0 Å². The molecule has 0 bridgehead atoms. The summed E-state index contributed by atoms with van der Waals surface area (Å²) in [6.45, 7) is 0. The van der Waals surface area contributed by atoms with Crippen LogP contribution in [0.15, 0.2) is 10.5 Å². The van der Waals surface area contributed by atoms with Gasteiger partial charge in [-0.15, -0.1) is 0 Å². The summed E-state index contributed by atoms with van der Waals surface area (Å²) in [7, 11) is 0. The number of phenols is 2. The number of hydrogen-bond acceptors (Lipinski definition) is 4. The molecule has 1 aromatic carbocycles. The Balaban J connectivity index is 3.46. The van der Waals surface area contributed by atoms with Crippen LogP contribution in [0.5, 0.6) is 11.5 Å². The Bertz CT molecular complexity index is 275. The van der Waals surface area contributed by atoms with E-state index < -0.39 is 0 Å². The molecule has 1 rings (SSSR count). The second kappa shape index (κ2) is 2.50. The molecule has 11 heavy (non-hydrogen) atoms. The Kier molecular flexibility index (Phi) is 1.82. The number of nitrogens with two attached hydrogens (primary N) is 2. The number of benzene rings is 1. The molecule has 4 nitrogen and oxygen atoms in total. The van der Waals surface area contributed by atoms with Crippen LogP contribution in [0.25, 0.3) is 0 Å². The summed E-state index contributed by atoms with van der Waals surface area (Å²) in [4.78, 5) is 0. The Labute approximate surface area is 71.6 Å². The zero-order valence-electron chi connectivity index (χ0n) is 5.50. The maximum atomic E-state index is 9.03. The molecule has 0 unspecified atom stereocenters. The highest BCUT2D eigenvalue weighted by molar-refractivity contribution is 9.10. The highest BCUT2D eigenvalue weighted by atomic mass is 79.9. The maximum Gasteiger partial charge on any atom is 0.143 e. The number of nitrogen functional groups attached to an aromatic ring is 2. The summed E-state index contributed by atoms with van der Waals surface area (Å²) in [6.07, 6.45) is 0. The van der Waals surface area contributed by atoms with E-state index in [4.69, 9.17) is 21.7 Å². The van der Waals surface area contributed by atoms with Crippen LogP contribution >= 0.6 is 15.9 Å². The summed E-state index contributed by atoms with van der Waals surface area (Å²) in [5, 5.41) is 18.1. The van der Waals surface area contributed by atoms with Gasteiger partial charge in [-0.25, -0.2) is 0 Å². The largest absolute Gasteiger partial charge is 0.506 e. The third-order valence-corrected chi connectivity index (χ3v) is 2.15. The van der Waals surface area contributed by atoms with Gasteiger partial charge in [0.2, 0.25) is 0 Å².